The molecule has 1 rings (SSSR count). The predicted molar refractivity (Wildman–Crippen MR) is 70.6 cm³/mol. The first-order chi connectivity index (χ1) is 8.08. The maximum atomic E-state index is 11.4. The Morgan fingerprint density at radius 2 is 2.24 bits per heavy atom. The molecule has 0 bridgehead atoms. The predicted octanol–water partition coefficient (Wildman–Crippen LogP) is 3.17. The summed E-state index contributed by atoms with van der Waals surface area (Å²) in [5.41, 5.74) is 0.387. The number of hydrogen-bond acceptors (Lipinski definition) is 5. The number of aromatic nitrogens is 1. The third-order valence-corrected chi connectivity index (χ3v) is 3.32. The highest BCUT2D eigenvalue weighted by molar-refractivity contribution is 7.13. The van der Waals surface area contributed by atoms with Gasteiger partial charge in [0.05, 0.1) is 6.61 Å². The topological polar surface area (TPSA) is 51.2 Å². The zero-order valence-corrected chi connectivity index (χ0v) is 11.6. The van der Waals surface area contributed by atoms with E-state index in [2.05, 4.69) is 31.1 Å². The van der Waals surface area contributed by atoms with Gasteiger partial charge in [-0.25, -0.2) is 9.78 Å². The van der Waals surface area contributed by atoms with E-state index in [1.54, 1.807) is 12.3 Å². The van der Waals surface area contributed by atoms with Gasteiger partial charge >= 0.3 is 5.97 Å². The molecule has 1 aromatic heterocycles. The van der Waals surface area contributed by atoms with Crippen LogP contribution in [0.15, 0.2) is 5.38 Å². The number of thiazole rings is 1. The zero-order valence-electron chi connectivity index (χ0n) is 10.8. The van der Waals surface area contributed by atoms with Gasteiger partial charge in [0.1, 0.15) is 0 Å². The fourth-order valence-corrected chi connectivity index (χ4v) is 2.28. The van der Waals surface area contributed by atoms with Crippen molar-refractivity contribution in [2.24, 2.45) is 5.92 Å². The molecule has 0 amide bonds. The van der Waals surface area contributed by atoms with Crippen molar-refractivity contribution in [3.8, 4) is 0 Å². The summed E-state index contributed by atoms with van der Waals surface area (Å²) < 4.78 is 4.90. The molecular formula is C12H20N2O2S. The smallest absolute Gasteiger partial charge is 0.357 e. The van der Waals surface area contributed by atoms with Crippen LogP contribution in [-0.2, 0) is 4.74 Å². The van der Waals surface area contributed by atoms with Gasteiger partial charge in [-0.15, -0.1) is 11.3 Å². The normalized spacial score (nSPS) is 12.5. The van der Waals surface area contributed by atoms with Gasteiger partial charge in [0.2, 0.25) is 0 Å². The number of carbonyl (C=O) groups excluding carboxylic acids is 1. The van der Waals surface area contributed by atoms with Crippen molar-refractivity contribution in [2.75, 3.05) is 11.9 Å². The fraction of sp³-hybridized carbons (Fsp3) is 0.667. The van der Waals surface area contributed by atoms with Crippen molar-refractivity contribution in [3.05, 3.63) is 11.1 Å². The summed E-state index contributed by atoms with van der Waals surface area (Å²) in [5.74, 6) is 0.185. The lowest BCUT2D eigenvalue weighted by molar-refractivity contribution is 0.0520. The third kappa shape index (κ3) is 4.00. The van der Waals surface area contributed by atoms with Crippen molar-refractivity contribution in [2.45, 2.75) is 40.2 Å². The summed E-state index contributed by atoms with van der Waals surface area (Å²) in [6.45, 7) is 8.64. The zero-order chi connectivity index (χ0) is 12.8. The Hall–Kier alpha value is -1.10. The van der Waals surface area contributed by atoms with Gasteiger partial charge in [0.15, 0.2) is 10.8 Å². The van der Waals surface area contributed by atoms with E-state index in [1.165, 1.54) is 11.3 Å². The lowest BCUT2D eigenvalue weighted by Crippen LogP contribution is -2.24. The number of esters is 1. The highest BCUT2D eigenvalue weighted by Crippen LogP contribution is 2.20. The van der Waals surface area contributed by atoms with Crippen molar-refractivity contribution in [1.82, 2.24) is 4.98 Å². The molecule has 0 fully saturated rings. The second kappa shape index (κ2) is 6.59. The molecule has 1 unspecified atom stereocenters. The van der Waals surface area contributed by atoms with E-state index in [-0.39, 0.29) is 5.97 Å². The van der Waals surface area contributed by atoms with E-state index in [4.69, 9.17) is 4.74 Å². The van der Waals surface area contributed by atoms with Crippen LogP contribution < -0.4 is 5.32 Å². The number of nitrogens with one attached hydrogen (secondary N) is 1. The minimum absolute atomic E-state index is 0.352. The van der Waals surface area contributed by atoms with Crippen LogP contribution in [0, 0.1) is 5.92 Å². The number of nitrogens with zero attached hydrogens (tertiary/aromatic N) is 1. The molecule has 5 heteroatoms. The van der Waals surface area contributed by atoms with Gasteiger partial charge in [-0.05, 0) is 19.3 Å². The van der Waals surface area contributed by atoms with Crippen LogP contribution in [0.4, 0.5) is 5.13 Å². The van der Waals surface area contributed by atoms with Crippen molar-refractivity contribution in [1.29, 1.82) is 0 Å². The highest BCUT2D eigenvalue weighted by atomic mass is 32.1. The summed E-state index contributed by atoms with van der Waals surface area (Å²) in [6.07, 6.45) is 1.03. The largest absolute Gasteiger partial charge is 0.461 e. The van der Waals surface area contributed by atoms with E-state index >= 15 is 0 Å². The van der Waals surface area contributed by atoms with Gasteiger partial charge in [0, 0.05) is 11.4 Å². The van der Waals surface area contributed by atoms with Crippen LogP contribution in [0.1, 0.15) is 44.6 Å². The van der Waals surface area contributed by atoms with Gasteiger partial charge in [-0.3, -0.25) is 0 Å². The number of anilines is 1. The first kappa shape index (κ1) is 14.0. The standard InChI is InChI=1S/C12H20N2O2S/c1-5-9(8(3)4)13-12-14-10(7-17-12)11(15)16-6-2/h7-9H,5-6H2,1-4H3,(H,13,14). The quantitative estimate of drug-likeness (QED) is 0.794. The molecule has 0 aliphatic heterocycles. The highest BCUT2D eigenvalue weighted by Gasteiger charge is 2.15. The molecule has 0 spiro atoms. The molecule has 1 heterocycles. The molecule has 4 nitrogen and oxygen atoms in total. The number of hydrogen-bond donors (Lipinski definition) is 1. The van der Waals surface area contributed by atoms with E-state index in [0.29, 0.717) is 24.3 Å². The molecule has 1 aromatic rings. The molecule has 96 valence electrons. The molecule has 0 saturated carbocycles. The van der Waals surface area contributed by atoms with Crippen LogP contribution in [0.25, 0.3) is 0 Å². The molecule has 0 aromatic carbocycles. The molecular weight excluding hydrogens is 236 g/mol. The Morgan fingerprint density at radius 3 is 2.76 bits per heavy atom. The second-order valence-corrected chi connectivity index (χ2v) is 5.02. The van der Waals surface area contributed by atoms with Crippen LogP contribution in [0.5, 0.6) is 0 Å². The SMILES string of the molecule is CCOC(=O)c1csc(NC(CC)C(C)C)n1. The lowest BCUT2D eigenvalue weighted by Gasteiger charge is -2.19. The summed E-state index contributed by atoms with van der Waals surface area (Å²) in [6, 6.07) is 0.385. The summed E-state index contributed by atoms with van der Waals surface area (Å²) in [5, 5.41) is 5.86. The summed E-state index contributed by atoms with van der Waals surface area (Å²) in [7, 11) is 0. The molecule has 0 aliphatic rings. The molecule has 1 atom stereocenters. The van der Waals surface area contributed by atoms with Crippen LogP contribution >= 0.6 is 11.3 Å². The Labute approximate surface area is 106 Å². The molecule has 17 heavy (non-hydrogen) atoms. The molecule has 0 saturated heterocycles. The third-order valence-electron chi connectivity index (χ3n) is 2.54. The lowest BCUT2D eigenvalue weighted by atomic mass is 10.0. The maximum absolute atomic E-state index is 11.4. The Bertz CT molecular complexity index is 363. The first-order valence-electron chi connectivity index (χ1n) is 5.97. The van der Waals surface area contributed by atoms with Crippen LogP contribution in [-0.4, -0.2) is 23.6 Å². The fourth-order valence-electron chi connectivity index (χ4n) is 1.54. The van der Waals surface area contributed by atoms with Gasteiger partial charge in [-0.1, -0.05) is 20.8 Å². The number of ether oxygens (including phenoxy) is 1. The molecule has 0 aliphatic carbocycles. The van der Waals surface area contributed by atoms with Crippen LogP contribution in [0.2, 0.25) is 0 Å². The van der Waals surface area contributed by atoms with E-state index < -0.39 is 0 Å². The minimum atomic E-state index is -0.352. The van der Waals surface area contributed by atoms with E-state index in [0.717, 1.165) is 11.6 Å². The second-order valence-electron chi connectivity index (χ2n) is 4.16. The average Bonchev–Trinajstić information content (AvgIpc) is 2.74. The van der Waals surface area contributed by atoms with Gasteiger partial charge in [-0.2, -0.15) is 0 Å². The van der Waals surface area contributed by atoms with E-state index in [9.17, 15) is 4.79 Å². The van der Waals surface area contributed by atoms with Crippen LogP contribution in [0.3, 0.4) is 0 Å². The molecule has 1 N–H and O–H groups in total. The van der Waals surface area contributed by atoms with Gasteiger partial charge in [0.25, 0.3) is 0 Å². The molecule has 0 radical (unpaired) electrons. The summed E-state index contributed by atoms with van der Waals surface area (Å²) >= 11 is 1.44. The van der Waals surface area contributed by atoms with Crippen molar-refractivity contribution in [3.63, 3.8) is 0 Å². The summed E-state index contributed by atoms with van der Waals surface area (Å²) in [4.78, 5) is 15.7. The Balaban J connectivity index is 2.64. The Kier molecular flexibility index (Phi) is 5.41. The first-order valence-corrected chi connectivity index (χ1v) is 6.85. The average molecular weight is 256 g/mol. The van der Waals surface area contributed by atoms with Crippen molar-refractivity contribution >= 4 is 22.4 Å². The Morgan fingerprint density at radius 1 is 1.53 bits per heavy atom. The number of rotatable bonds is 6. The van der Waals surface area contributed by atoms with E-state index in [1.807, 2.05) is 0 Å². The van der Waals surface area contributed by atoms with Crippen molar-refractivity contribution < 1.29 is 9.53 Å². The van der Waals surface area contributed by atoms with Gasteiger partial charge < -0.3 is 10.1 Å². The monoisotopic (exact) mass is 256 g/mol. The maximum Gasteiger partial charge on any atom is 0.357 e. The minimum Gasteiger partial charge on any atom is -0.461 e. The number of carbonyl (C=O) groups is 1.